The van der Waals surface area contributed by atoms with Crippen molar-refractivity contribution >= 4 is 35.8 Å². The van der Waals surface area contributed by atoms with E-state index in [1.807, 2.05) is 0 Å². The highest BCUT2D eigenvalue weighted by Gasteiger charge is 2.56. The third-order valence-electron chi connectivity index (χ3n) is 7.33. The van der Waals surface area contributed by atoms with E-state index in [0.717, 1.165) is 41.7 Å². The number of carbonyl (C=O) groups is 6. The maximum absolute atomic E-state index is 12.5. The van der Waals surface area contributed by atoms with Crippen molar-refractivity contribution in [3.63, 3.8) is 0 Å². The third kappa shape index (κ3) is 10.2. The van der Waals surface area contributed by atoms with Gasteiger partial charge in [-0.05, 0) is 17.7 Å². The Hall–Kier alpha value is -4.52. The fourth-order valence-electron chi connectivity index (χ4n) is 5.44. The quantitative estimate of drug-likeness (QED) is 0.218. The summed E-state index contributed by atoms with van der Waals surface area (Å²) in [5.41, 5.74) is 0.178. The highest BCUT2D eigenvalue weighted by molar-refractivity contribution is 5.71. The first kappa shape index (κ1) is 38.9. The van der Waals surface area contributed by atoms with Crippen LogP contribution in [0.5, 0.6) is 11.5 Å². The molecule has 0 unspecified atom stereocenters. The molecule has 2 heterocycles. The van der Waals surface area contributed by atoms with Gasteiger partial charge in [-0.2, -0.15) is 0 Å². The molecule has 0 amide bonds. The Morgan fingerprint density at radius 3 is 1.78 bits per heavy atom. The number of benzene rings is 1. The van der Waals surface area contributed by atoms with E-state index in [2.05, 4.69) is 0 Å². The molecule has 18 heteroatoms. The molecule has 1 aromatic rings. The number of rotatable bonds is 12. The van der Waals surface area contributed by atoms with Crippen LogP contribution >= 0.6 is 0 Å². The molecular formula is C31H40O18. The van der Waals surface area contributed by atoms with Crippen LogP contribution in [0.3, 0.4) is 0 Å². The van der Waals surface area contributed by atoms with E-state index in [4.69, 9.17) is 47.4 Å². The zero-order valence-corrected chi connectivity index (χ0v) is 27.8. The van der Waals surface area contributed by atoms with Crippen LogP contribution in [0.1, 0.15) is 52.7 Å². The van der Waals surface area contributed by atoms with Crippen LogP contribution in [-0.4, -0.2) is 122 Å². The molecule has 2 saturated heterocycles. The number of esters is 6. The molecule has 0 aromatic heterocycles. The van der Waals surface area contributed by atoms with Crippen molar-refractivity contribution in [1.29, 1.82) is 0 Å². The van der Waals surface area contributed by atoms with Crippen LogP contribution in [-0.2, 0) is 71.4 Å². The molecule has 49 heavy (non-hydrogen) atoms. The maximum Gasteiger partial charge on any atom is 0.308 e. The van der Waals surface area contributed by atoms with Crippen molar-refractivity contribution in [3.05, 3.63) is 23.8 Å². The minimum atomic E-state index is -1.81. The summed E-state index contributed by atoms with van der Waals surface area (Å²) in [5.74, 6) is -5.30. The van der Waals surface area contributed by atoms with E-state index < -0.39 is 110 Å². The smallest absolute Gasteiger partial charge is 0.308 e. The van der Waals surface area contributed by atoms with E-state index in [-0.39, 0.29) is 17.1 Å². The maximum atomic E-state index is 12.5. The normalized spacial score (nSPS) is 29.5. The van der Waals surface area contributed by atoms with E-state index in [0.29, 0.717) is 0 Å². The molecule has 2 fully saturated rings. The minimum absolute atomic E-state index is 0.100. The lowest BCUT2D eigenvalue weighted by molar-refractivity contribution is -0.344. The van der Waals surface area contributed by atoms with E-state index in [1.54, 1.807) is 0 Å². The Kier molecular flexibility index (Phi) is 13.7. The van der Waals surface area contributed by atoms with Crippen molar-refractivity contribution in [1.82, 2.24) is 0 Å². The van der Waals surface area contributed by atoms with Crippen molar-refractivity contribution < 1.29 is 86.3 Å². The molecule has 2 aliphatic heterocycles. The second-order valence-electron chi connectivity index (χ2n) is 11.0. The zero-order valence-electron chi connectivity index (χ0n) is 27.8. The van der Waals surface area contributed by atoms with Crippen LogP contribution in [0.2, 0.25) is 0 Å². The Bertz CT molecular complexity index is 1380. The second-order valence-corrected chi connectivity index (χ2v) is 11.0. The fourth-order valence-corrected chi connectivity index (χ4v) is 5.44. The van der Waals surface area contributed by atoms with Crippen molar-refractivity contribution in [2.24, 2.45) is 0 Å². The highest BCUT2D eigenvalue weighted by atomic mass is 16.7. The molecule has 0 radical (unpaired) electrons. The van der Waals surface area contributed by atoms with Crippen LogP contribution in [0.25, 0.3) is 0 Å². The summed E-state index contributed by atoms with van der Waals surface area (Å²) in [4.78, 5) is 73.2. The number of methoxy groups -OCH3 is 2. The number of phenolic OH excluding ortho intramolecular Hbond substituents is 1. The summed E-state index contributed by atoms with van der Waals surface area (Å²) in [6.07, 6.45) is -16.2. The van der Waals surface area contributed by atoms with Gasteiger partial charge in [0.1, 0.15) is 37.1 Å². The molecular weight excluding hydrogens is 660 g/mol. The molecule has 0 spiro atoms. The first-order valence-corrected chi connectivity index (χ1v) is 15.0. The first-order valence-electron chi connectivity index (χ1n) is 15.0. The van der Waals surface area contributed by atoms with E-state index in [9.17, 15) is 39.0 Å². The van der Waals surface area contributed by atoms with Crippen LogP contribution in [0.15, 0.2) is 18.2 Å². The van der Waals surface area contributed by atoms with Gasteiger partial charge in [0.05, 0.1) is 20.6 Å². The standard InChI is InChI=1S/C31H40O18/c1-13(32)42-12-22-27(44-15(3)34)29(45-16(4)35)30(46-17(5)36)31(48-22)49-28-24(39)25(18-8-9-20(40-6)19(37)10-18)47-21(11-23(38)41-7)26(28)43-14(2)33/h8-10,21-22,24-31,37,39H,11-12H2,1-7H3/t21-,22-,24-,25-,26-,27-,28-,29+,30+,31-/m1/s1. The fraction of sp³-hybridized carbons (Fsp3) is 0.613. The number of hydrogen-bond acceptors (Lipinski definition) is 18. The SMILES string of the molecule is COC(=O)C[C@H]1O[C@H](c2ccc(OC)c(O)c2)[C@@H](O)[C@@H](O[C@H]2O[C@H](COC(C)=O)[C@@H](OC(C)=O)[C@H](OC(C)=O)[C@@H]2OC(C)=O)[C@@H]1OC(C)=O. The second kappa shape index (κ2) is 17.2. The average Bonchev–Trinajstić information content (AvgIpc) is 3.00. The largest absolute Gasteiger partial charge is 0.504 e. The summed E-state index contributed by atoms with van der Waals surface area (Å²) in [5, 5.41) is 22.2. The van der Waals surface area contributed by atoms with Crippen LogP contribution < -0.4 is 4.74 Å². The summed E-state index contributed by atoms with van der Waals surface area (Å²) in [6.45, 7) is 4.70. The number of aliphatic hydroxyl groups excluding tert-OH is 1. The summed E-state index contributed by atoms with van der Waals surface area (Å²) < 4.78 is 55.0. The predicted octanol–water partition coefficient (Wildman–Crippen LogP) is 0.165. The summed E-state index contributed by atoms with van der Waals surface area (Å²) in [7, 11) is 2.44. The number of ether oxygens (including phenoxy) is 10. The third-order valence-corrected chi connectivity index (χ3v) is 7.33. The summed E-state index contributed by atoms with van der Waals surface area (Å²) >= 11 is 0. The topological polar surface area (TPSA) is 235 Å². The minimum Gasteiger partial charge on any atom is -0.504 e. The van der Waals surface area contributed by atoms with Gasteiger partial charge in [-0.1, -0.05) is 6.07 Å². The first-order chi connectivity index (χ1) is 23.1. The molecule has 3 rings (SSSR count). The van der Waals surface area contributed by atoms with Gasteiger partial charge in [-0.15, -0.1) is 0 Å². The van der Waals surface area contributed by atoms with E-state index >= 15 is 0 Å². The van der Waals surface area contributed by atoms with Gasteiger partial charge in [-0.25, -0.2) is 0 Å². The number of aromatic hydroxyl groups is 1. The van der Waals surface area contributed by atoms with Gasteiger partial charge < -0.3 is 57.6 Å². The van der Waals surface area contributed by atoms with Gasteiger partial charge in [-0.3, -0.25) is 28.8 Å². The Balaban J connectivity index is 2.17. The Labute approximate surface area is 280 Å². The highest BCUT2D eigenvalue weighted by Crippen LogP contribution is 2.41. The number of hydrogen-bond donors (Lipinski definition) is 2. The van der Waals surface area contributed by atoms with Crippen LogP contribution in [0, 0.1) is 0 Å². The van der Waals surface area contributed by atoms with E-state index in [1.165, 1.54) is 25.3 Å². The Morgan fingerprint density at radius 1 is 0.714 bits per heavy atom. The average molecular weight is 701 g/mol. The lowest BCUT2D eigenvalue weighted by Gasteiger charge is -2.48. The van der Waals surface area contributed by atoms with Crippen LogP contribution in [0.4, 0.5) is 0 Å². The molecule has 0 bridgehead atoms. The van der Waals surface area contributed by atoms with Gasteiger partial charge in [0, 0.05) is 34.6 Å². The lowest BCUT2D eigenvalue weighted by Crippen LogP contribution is -2.65. The molecule has 272 valence electrons. The van der Waals surface area contributed by atoms with Gasteiger partial charge in [0.15, 0.2) is 42.2 Å². The van der Waals surface area contributed by atoms with Gasteiger partial charge in [0.25, 0.3) is 0 Å². The van der Waals surface area contributed by atoms with Gasteiger partial charge >= 0.3 is 35.8 Å². The molecule has 1 aromatic carbocycles. The molecule has 10 atom stereocenters. The zero-order chi connectivity index (χ0) is 36.6. The monoisotopic (exact) mass is 700 g/mol. The van der Waals surface area contributed by atoms with Crippen molar-refractivity contribution in [3.8, 4) is 11.5 Å². The summed E-state index contributed by atoms with van der Waals surface area (Å²) in [6, 6.07) is 4.09. The molecule has 18 nitrogen and oxygen atoms in total. The number of carbonyl (C=O) groups excluding carboxylic acids is 6. The predicted molar refractivity (Wildman–Crippen MR) is 157 cm³/mol. The van der Waals surface area contributed by atoms with Crippen molar-refractivity contribution in [2.75, 3.05) is 20.8 Å². The molecule has 2 aliphatic rings. The number of aliphatic hydroxyl groups is 1. The molecule has 2 N–H and O–H groups in total. The lowest BCUT2D eigenvalue weighted by atomic mass is 9.89. The molecule has 0 saturated carbocycles. The Morgan fingerprint density at radius 2 is 1.27 bits per heavy atom. The van der Waals surface area contributed by atoms with Gasteiger partial charge in [0.2, 0.25) is 0 Å². The van der Waals surface area contributed by atoms with Crippen molar-refractivity contribution in [2.45, 2.75) is 102 Å². The molecule has 0 aliphatic carbocycles. The number of phenols is 1.